The molecular formula is C17H26N2O4. The molecule has 0 atom stereocenters. The summed E-state index contributed by atoms with van der Waals surface area (Å²) in [6.07, 6.45) is -0.0766. The highest BCUT2D eigenvalue weighted by molar-refractivity contribution is 5.75. The zero-order chi connectivity index (χ0) is 17.6. The Morgan fingerprint density at radius 2 is 1.96 bits per heavy atom. The van der Waals surface area contributed by atoms with E-state index in [0.29, 0.717) is 6.54 Å². The van der Waals surface area contributed by atoms with Crippen LogP contribution in [0, 0.1) is 6.92 Å². The highest BCUT2D eigenvalue weighted by Crippen LogP contribution is 2.24. The van der Waals surface area contributed by atoms with Crippen LogP contribution in [0.5, 0.6) is 5.75 Å². The van der Waals surface area contributed by atoms with Crippen LogP contribution in [0.25, 0.3) is 0 Å². The Morgan fingerprint density at radius 1 is 1.30 bits per heavy atom. The van der Waals surface area contributed by atoms with Crippen molar-refractivity contribution in [1.82, 2.24) is 10.2 Å². The van der Waals surface area contributed by atoms with Gasteiger partial charge in [0.2, 0.25) is 0 Å². The van der Waals surface area contributed by atoms with E-state index in [9.17, 15) is 9.59 Å². The van der Waals surface area contributed by atoms with E-state index in [1.54, 1.807) is 7.05 Å². The maximum Gasteiger partial charge on any atom is 0.317 e. The van der Waals surface area contributed by atoms with E-state index in [1.807, 2.05) is 45.9 Å². The normalized spacial score (nSPS) is 11.0. The molecular weight excluding hydrogens is 296 g/mol. The van der Waals surface area contributed by atoms with Crippen LogP contribution in [-0.4, -0.2) is 41.2 Å². The van der Waals surface area contributed by atoms with Crippen molar-refractivity contribution >= 4 is 12.0 Å². The molecule has 1 rings (SSSR count). The number of carboxylic acids is 1. The van der Waals surface area contributed by atoms with Gasteiger partial charge in [0, 0.05) is 25.7 Å². The second-order valence-electron chi connectivity index (χ2n) is 6.55. The summed E-state index contributed by atoms with van der Waals surface area (Å²) in [4.78, 5) is 23.9. The second-order valence-corrected chi connectivity index (χ2v) is 6.55. The van der Waals surface area contributed by atoms with Crippen LogP contribution in [0.15, 0.2) is 18.2 Å². The number of urea groups is 1. The molecule has 0 fully saturated rings. The Balaban J connectivity index is 2.70. The number of hydrogen-bond donors (Lipinski definition) is 2. The van der Waals surface area contributed by atoms with Crippen molar-refractivity contribution in [2.75, 3.05) is 13.6 Å². The fraction of sp³-hybridized carbons (Fsp3) is 0.529. The average molecular weight is 322 g/mol. The molecule has 2 amide bonds. The van der Waals surface area contributed by atoms with Gasteiger partial charge in [-0.2, -0.15) is 0 Å². The molecule has 128 valence electrons. The number of aliphatic carboxylic acids is 1. The summed E-state index contributed by atoms with van der Waals surface area (Å²) in [6.45, 7) is 8.38. The maximum absolute atomic E-state index is 12.0. The minimum Gasteiger partial charge on any atom is -0.488 e. The van der Waals surface area contributed by atoms with Crippen LogP contribution in [0.4, 0.5) is 4.79 Å². The zero-order valence-corrected chi connectivity index (χ0v) is 14.5. The van der Waals surface area contributed by atoms with Crippen LogP contribution >= 0.6 is 0 Å². The molecule has 0 aromatic heterocycles. The molecule has 6 nitrogen and oxygen atoms in total. The Labute approximate surface area is 137 Å². The number of carbonyl (C=O) groups is 2. The fourth-order valence-corrected chi connectivity index (χ4v) is 1.90. The van der Waals surface area contributed by atoms with Gasteiger partial charge in [0.1, 0.15) is 11.4 Å². The highest BCUT2D eigenvalue weighted by atomic mass is 16.5. The third-order valence-corrected chi connectivity index (χ3v) is 3.08. The molecule has 0 unspecified atom stereocenters. The van der Waals surface area contributed by atoms with E-state index in [2.05, 4.69) is 5.32 Å². The van der Waals surface area contributed by atoms with Crippen molar-refractivity contribution in [3.05, 3.63) is 29.3 Å². The summed E-state index contributed by atoms with van der Waals surface area (Å²) in [7, 11) is 1.57. The Morgan fingerprint density at radius 3 is 2.52 bits per heavy atom. The van der Waals surface area contributed by atoms with Crippen molar-refractivity contribution in [1.29, 1.82) is 0 Å². The molecule has 23 heavy (non-hydrogen) atoms. The summed E-state index contributed by atoms with van der Waals surface area (Å²) in [5.41, 5.74) is 1.63. The number of nitrogens with one attached hydrogen (secondary N) is 1. The molecule has 0 aliphatic carbocycles. The van der Waals surface area contributed by atoms with Crippen LogP contribution < -0.4 is 10.1 Å². The lowest BCUT2D eigenvalue weighted by molar-refractivity contribution is -0.137. The first-order valence-corrected chi connectivity index (χ1v) is 7.58. The third kappa shape index (κ3) is 7.04. The Kier molecular flexibility index (Phi) is 6.42. The van der Waals surface area contributed by atoms with Gasteiger partial charge >= 0.3 is 12.0 Å². The average Bonchev–Trinajstić information content (AvgIpc) is 2.41. The van der Waals surface area contributed by atoms with Crippen molar-refractivity contribution < 1.29 is 19.4 Å². The van der Waals surface area contributed by atoms with Gasteiger partial charge in [-0.3, -0.25) is 4.79 Å². The van der Waals surface area contributed by atoms with Gasteiger partial charge in [0.05, 0.1) is 6.42 Å². The second kappa shape index (κ2) is 7.85. The number of rotatable bonds is 6. The first-order chi connectivity index (χ1) is 10.6. The number of benzene rings is 1. The number of ether oxygens (including phenoxy) is 1. The van der Waals surface area contributed by atoms with E-state index < -0.39 is 5.97 Å². The van der Waals surface area contributed by atoms with Gasteiger partial charge < -0.3 is 20.1 Å². The molecule has 6 heteroatoms. The largest absolute Gasteiger partial charge is 0.488 e. The molecule has 2 N–H and O–H groups in total. The third-order valence-electron chi connectivity index (χ3n) is 3.08. The predicted octanol–water partition coefficient (Wildman–Crippen LogP) is 2.79. The van der Waals surface area contributed by atoms with Crippen molar-refractivity contribution in [2.24, 2.45) is 0 Å². The number of hydrogen-bond acceptors (Lipinski definition) is 3. The Bertz CT molecular complexity index is 564. The van der Waals surface area contributed by atoms with Gasteiger partial charge in [0.15, 0.2) is 0 Å². The fourth-order valence-electron chi connectivity index (χ4n) is 1.90. The topological polar surface area (TPSA) is 78.9 Å². The van der Waals surface area contributed by atoms with Crippen LogP contribution in [0.2, 0.25) is 0 Å². The molecule has 0 aliphatic rings. The molecule has 1 aromatic rings. The highest BCUT2D eigenvalue weighted by Gasteiger charge is 2.16. The predicted molar refractivity (Wildman–Crippen MR) is 88.7 cm³/mol. The van der Waals surface area contributed by atoms with Gasteiger partial charge in [0.25, 0.3) is 0 Å². The van der Waals surface area contributed by atoms with E-state index in [0.717, 1.165) is 16.9 Å². The molecule has 1 aromatic carbocycles. The minimum absolute atomic E-state index is 0.0766. The van der Waals surface area contributed by atoms with Crippen molar-refractivity contribution in [2.45, 2.75) is 46.3 Å². The molecule has 0 aliphatic heterocycles. The number of nitrogens with zero attached hydrogens (tertiary/aromatic N) is 1. The van der Waals surface area contributed by atoms with E-state index >= 15 is 0 Å². The number of aryl methyl sites for hydroxylation is 1. The molecule has 0 saturated heterocycles. The summed E-state index contributed by atoms with van der Waals surface area (Å²) >= 11 is 0. The molecule has 0 saturated carbocycles. The van der Waals surface area contributed by atoms with E-state index in [1.165, 1.54) is 4.90 Å². The lowest BCUT2D eigenvalue weighted by Gasteiger charge is -2.24. The quantitative estimate of drug-likeness (QED) is 0.844. The smallest absolute Gasteiger partial charge is 0.317 e. The van der Waals surface area contributed by atoms with E-state index in [-0.39, 0.29) is 24.6 Å². The number of amides is 2. The number of carboxylic acid groups (broad SMARTS) is 1. The van der Waals surface area contributed by atoms with Crippen LogP contribution in [0.3, 0.4) is 0 Å². The van der Waals surface area contributed by atoms with Gasteiger partial charge in [-0.25, -0.2) is 4.79 Å². The van der Waals surface area contributed by atoms with Gasteiger partial charge in [-0.1, -0.05) is 12.1 Å². The molecule has 0 bridgehead atoms. The molecule has 0 radical (unpaired) electrons. The summed E-state index contributed by atoms with van der Waals surface area (Å²) < 4.78 is 5.94. The summed E-state index contributed by atoms with van der Waals surface area (Å²) in [6, 6.07) is 5.52. The molecule has 0 spiro atoms. The van der Waals surface area contributed by atoms with Crippen LogP contribution in [0.1, 0.15) is 38.3 Å². The van der Waals surface area contributed by atoms with Crippen molar-refractivity contribution in [3.63, 3.8) is 0 Å². The molecule has 0 heterocycles. The standard InChI is InChI=1S/C17H26N2O4/c1-12-6-7-13(14(10-12)23-17(2,3)4)11-18-16(22)19(5)9-8-15(20)21/h6-7,10H,8-9,11H2,1-5H3,(H,18,22)(H,20,21). The first kappa shape index (κ1) is 18.8. The van der Waals surface area contributed by atoms with E-state index in [4.69, 9.17) is 9.84 Å². The SMILES string of the molecule is Cc1ccc(CNC(=O)N(C)CCC(=O)O)c(OC(C)(C)C)c1. The number of carbonyl (C=O) groups excluding carboxylic acids is 1. The minimum atomic E-state index is -0.927. The first-order valence-electron chi connectivity index (χ1n) is 7.58. The maximum atomic E-state index is 12.0. The van der Waals surface area contributed by atoms with Crippen molar-refractivity contribution in [3.8, 4) is 5.75 Å². The van der Waals surface area contributed by atoms with Crippen LogP contribution in [-0.2, 0) is 11.3 Å². The van der Waals surface area contributed by atoms with Gasteiger partial charge in [-0.05, 0) is 39.3 Å². The zero-order valence-electron chi connectivity index (χ0n) is 14.5. The lowest BCUT2D eigenvalue weighted by Crippen LogP contribution is -2.38. The monoisotopic (exact) mass is 322 g/mol. The van der Waals surface area contributed by atoms with Gasteiger partial charge in [-0.15, -0.1) is 0 Å². The summed E-state index contributed by atoms with van der Waals surface area (Å²) in [5.74, 6) is -0.185. The Hall–Kier alpha value is -2.24. The lowest BCUT2D eigenvalue weighted by atomic mass is 10.1. The summed E-state index contributed by atoms with van der Waals surface area (Å²) in [5, 5.41) is 11.4.